The van der Waals surface area contributed by atoms with Crippen LogP contribution in [-0.2, 0) is 14.8 Å². The molecule has 3 N–H and O–H groups in total. The molecular weight excluding hydrogens is 288 g/mol. The largest absolute Gasteiger partial charge is 0.381 e. The second-order valence-electron chi connectivity index (χ2n) is 5.63. The van der Waals surface area contributed by atoms with E-state index in [0.717, 1.165) is 18.1 Å². The van der Waals surface area contributed by atoms with Gasteiger partial charge in [-0.15, -0.1) is 0 Å². The number of benzene rings is 1. The lowest BCUT2D eigenvalue weighted by Crippen LogP contribution is -2.25. The molecule has 0 radical (unpaired) electrons. The third-order valence-corrected chi connectivity index (χ3v) is 5.00. The molecule has 0 amide bonds. The normalized spacial score (nSPS) is 16.9. The topological polar surface area (TPSA) is 81.4 Å². The molecule has 1 aromatic rings. The van der Waals surface area contributed by atoms with Crippen molar-refractivity contribution in [3.8, 4) is 0 Å². The lowest BCUT2D eigenvalue weighted by molar-refractivity contribution is 0.123. The minimum absolute atomic E-state index is 0.0988. The maximum absolute atomic E-state index is 12.1. The molecule has 118 valence electrons. The highest BCUT2D eigenvalue weighted by molar-refractivity contribution is 7.89. The SMILES string of the molecule is CC(N)c1ccc(S(=O)(=O)NCCCOCC2CC2)cc1. The van der Waals surface area contributed by atoms with Crippen molar-refractivity contribution in [1.82, 2.24) is 4.72 Å². The monoisotopic (exact) mass is 312 g/mol. The summed E-state index contributed by atoms with van der Waals surface area (Å²) in [5, 5.41) is 0. The molecule has 6 heteroatoms. The smallest absolute Gasteiger partial charge is 0.240 e. The van der Waals surface area contributed by atoms with Crippen LogP contribution in [0.1, 0.15) is 37.8 Å². The van der Waals surface area contributed by atoms with Crippen LogP contribution in [0.5, 0.6) is 0 Å². The molecule has 1 saturated carbocycles. The maximum atomic E-state index is 12.1. The zero-order chi connectivity index (χ0) is 15.3. The summed E-state index contributed by atoms with van der Waals surface area (Å²) in [5.74, 6) is 0.741. The summed E-state index contributed by atoms with van der Waals surface area (Å²) in [6.07, 6.45) is 3.22. The Kier molecular flexibility index (Phi) is 5.75. The first-order valence-electron chi connectivity index (χ1n) is 7.42. The fourth-order valence-corrected chi connectivity index (χ4v) is 3.02. The summed E-state index contributed by atoms with van der Waals surface area (Å²) in [6, 6.07) is 6.57. The molecule has 21 heavy (non-hydrogen) atoms. The predicted octanol–water partition coefficient (Wildman–Crippen LogP) is 1.80. The molecule has 1 atom stereocenters. The Labute approximate surface area is 126 Å². The highest BCUT2D eigenvalue weighted by atomic mass is 32.2. The van der Waals surface area contributed by atoms with Gasteiger partial charge in [-0.2, -0.15) is 0 Å². The quantitative estimate of drug-likeness (QED) is 0.681. The molecule has 0 saturated heterocycles. The first kappa shape index (κ1) is 16.4. The molecular formula is C15H24N2O3S. The van der Waals surface area contributed by atoms with Crippen LogP contribution in [0.4, 0.5) is 0 Å². The van der Waals surface area contributed by atoms with E-state index >= 15 is 0 Å². The van der Waals surface area contributed by atoms with Crippen molar-refractivity contribution in [3.05, 3.63) is 29.8 Å². The minimum Gasteiger partial charge on any atom is -0.381 e. The molecule has 0 heterocycles. The standard InChI is InChI=1S/C15H24N2O3S/c1-12(16)14-5-7-15(8-6-14)21(18,19)17-9-2-10-20-11-13-3-4-13/h5-8,12-13,17H,2-4,9-11,16H2,1H3. The lowest BCUT2D eigenvalue weighted by Gasteiger charge is -2.09. The Bertz CT molecular complexity index is 537. The fraction of sp³-hybridized carbons (Fsp3) is 0.600. The van der Waals surface area contributed by atoms with E-state index in [4.69, 9.17) is 10.5 Å². The van der Waals surface area contributed by atoms with E-state index in [1.165, 1.54) is 12.8 Å². The third kappa shape index (κ3) is 5.39. The molecule has 0 aromatic heterocycles. The Morgan fingerprint density at radius 1 is 1.33 bits per heavy atom. The van der Waals surface area contributed by atoms with Gasteiger partial charge in [0, 0.05) is 25.8 Å². The van der Waals surface area contributed by atoms with Crippen LogP contribution in [0.3, 0.4) is 0 Å². The molecule has 2 rings (SSSR count). The first-order chi connectivity index (χ1) is 9.99. The minimum atomic E-state index is -3.44. The van der Waals surface area contributed by atoms with Crippen molar-refractivity contribution < 1.29 is 13.2 Å². The summed E-state index contributed by atoms with van der Waals surface area (Å²) in [7, 11) is -3.44. The van der Waals surface area contributed by atoms with Gasteiger partial charge >= 0.3 is 0 Å². The van der Waals surface area contributed by atoms with Crippen molar-refractivity contribution in [2.24, 2.45) is 11.7 Å². The van der Waals surface area contributed by atoms with E-state index in [0.29, 0.717) is 19.6 Å². The van der Waals surface area contributed by atoms with Gasteiger partial charge in [-0.25, -0.2) is 13.1 Å². The van der Waals surface area contributed by atoms with Crippen LogP contribution in [0.25, 0.3) is 0 Å². The van der Waals surface area contributed by atoms with Crippen molar-refractivity contribution in [1.29, 1.82) is 0 Å². The molecule has 0 bridgehead atoms. The molecule has 1 fully saturated rings. The van der Waals surface area contributed by atoms with Crippen LogP contribution >= 0.6 is 0 Å². The molecule has 1 aromatic carbocycles. The van der Waals surface area contributed by atoms with Gasteiger partial charge in [0.15, 0.2) is 0 Å². The van der Waals surface area contributed by atoms with Crippen LogP contribution in [0, 0.1) is 5.92 Å². The van der Waals surface area contributed by atoms with Crippen LogP contribution < -0.4 is 10.5 Å². The molecule has 5 nitrogen and oxygen atoms in total. The van der Waals surface area contributed by atoms with Crippen molar-refractivity contribution in [3.63, 3.8) is 0 Å². The van der Waals surface area contributed by atoms with E-state index in [1.807, 2.05) is 6.92 Å². The van der Waals surface area contributed by atoms with Gasteiger partial charge in [0.2, 0.25) is 10.0 Å². The van der Waals surface area contributed by atoms with E-state index in [1.54, 1.807) is 24.3 Å². The number of rotatable bonds is 9. The van der Waals surface area contributed by atoms with E-state index in [-0.39, 0.29) is 10.9 Å². The van der Waals surface area contributed by atoms with Crippen molar-refractivity contribution >= 4 is 10.0 Å². The molecule has 1 aliphatic rings. The second kappa shape index (κ2) is 7.35. The number of nitrogens with one attached hydrogen (secondary N) is 1. The number of hydrogen-bond donors (Lipinski definition) is 2. The average Bonchev–Trinajstić information content (AvgIpc) is 3.27. The van der Waals surface area contributed by atoms with E-state index in [9.17, 15) is 8.42 Å². The number of ether oxygens (including phenoxy) is 1. The summed E-state index contributed by atoms with van der Waals surface area (Å²) < 4.78 is 32.2. The highest BCUT2D eigenvalue weighted by Crippen LogP contribution is 2.28. The van der Waals surface area contributed by atoms with Crippen LogP contribution in [0.2, 0.25) is 0 Å². The number of hydrogen-bond acceptors (Lipinski definition) is 4. The number of sulfonamides is 1. The van der Waals surface area contributed by atoms with E-state index in [2.05, 4.69) is 4.72 Å². The van der Waals surface area contributed by atoms with Gasteiger partial charge < -0.3 is 10.5 Å². The van der Waals surface area contributed by atoms with Crippen molar-refractivity contribution in [2.45, 2.75) is 37.1 Å². The van der Waals surface area contributed by atoms with Gasteiger partial charge in [0.1, 0.15) is 0 Å². The Morgan fingerprint density at radius 3 is 2.57 bits per heavy atom. The summed E-state index contributed by atoms with van der Waals surface area (Å²) in [6.45, 7) is 3.67. The summed E-state index contributed by atoms with van der Waals surface area (Å²) in [5.41, 5.74) is 6.67. The fourth-order valence-electron chi connectivity index (χ4n) is 1.95. The zero-order valence-corrected chi connectivity index (χ0v) is 13.2. The lowest BCUT2D eigenvalue weighted by atomic mass is 10.1. The van der Waals surface area contributed by atoms with E-state index < -0.39 is 10.0 Å². The van der Waals surface area contributed by atoms with Crippen LogP contribution in [-0.4, -0.2) is 28.2 Å². The maximum Gasteiger partial charge on any atom is 0.240 e. The molecule has 1 aliphatic carbocycles. The highest BCUT2D eigenvalue weighted by Gasteiger charge is 2.21. The Morgan fingerprint density at radius 2 is 2.00 bits per heavy atom. The second-order valence-corrected chi connectivity index (χ2v) is 7.39. The molecule has 0 aliphatic heterocycles. The molecule has 0 spiro atoms. The summed E-state index contributed by atoms with van der Waals surface area (Å²) >= 11 is 0. The third-order valence-electron chi connectivity index (χ3n) is 3.52. The van der Waals surface area contributed by atoms with Crippen molar-refractivity contribution in [2.75, 3.05) is 19.8 Å². The average molecular weight is 312 g/mol. The number of nitrogens with two attached hydrogens (primary N) is 1. The van der Waals surface area contributed by atoms with Gasteiger partial charge in [-0.1, -0.05) is 12.1 Å². The Hall–Kier alpha value is -0.950. The van der Waals surface area contributed by atoms with Gasteiger partial charge in [0.05, 0.1) is 4.90 Å². The van der Waals surface area contributed by atoms with Gasteiger partial charge in [-0.05, 0) is 49.8 Å². The first-order valence-corrected chi connectivity index (χ1v) is 8.90. The Balaban J connectivity index is 1.74. The summed E-state index contributed by atoms with van der Waals surface area (Å²) in [4.78, 5) is 0.269. The van der Waals surface area contributed by atoms with Gasteiger partial charge in [-0.3, -0.25) is 0 Å². The van der Waals surface area contributed by atoms with Crippen LogP contribution in [0.15, 0.2) is 29.2 Å². The predicted molar refractivity (Wildman–Crippen MR) is 82.4 cm³/mol. The zero-order valence-electron chi connectivity index (χ0n) is 12.4. The van der Waals surface area contributed by atoms with Gasteiger partial charge in [0.25, 0.3) is 0 Å². The molecule has 1 unspecified atom stereocenters.